The van der Waals surface area contributed by atoms with E-state index in [1.807, 2.05) is 18.2 Å². The number of fused-ring (bicyclic) bond motifs is 2. The van der Waals surface area contributed by atoms with Crippen LogP contribution in [-0.2, 0) is 0 Å². The third-order valence-electron chi connectivity index (χ3n) is 8.05. The van der Waals surface area contributed by atoms with Crippen LogP contribution in [0.2, 0.25) is 0 Å². The zero-order valence-corrected chi connectivity index (χ0v) is 20.8. The Labute approximate surface area is 207 Å². The van der Waals surface area contributed by atoms with Gasteiger partial charge >= 0.3 is 0 Å². The van der Waals surface area contributed by atoms with Gasteiger partial charge in [-0.3, -0.25) is 9.88 Å². The van der Waals surface area contributed by atoms with Crippen molar-refractivity contribution in [1.29, 1.82) is 0 Å². The molecular weight excluding hydrogens is 434 g/mol. The van der Waals surface area contributed by atoms with Gasteiger partial charge in [0.25, 0.3) is 0 Å². The maximum atomic E-state index is 6.49. The van der Waals surface area contributed by atoms with Crippen LogP contribution in [0.25, 0.3) is 33.7 Å². The van der Waals surface area contributed by atoms with E-state index in [2.05, 4.69) is 72.0 Å². The zero-order valence-electron chi connectivity index (χ0n) is 20.8. The van der Waals surface area contributed by atoms with Crippen LogP contribution < -0.4 is 4.74 Å². The Balaban J connectivity index is 1.15. The van der Waals surface area contributed by atoms with Gasteiger partial charge < -0.3 is 9.15 Å². The topological polar surface area (TPSA) is 51.4 Å². The first-order valence-electron chi connectivity index (χ1n) is 12.8. The molecule has 2 aromatic heterocycles. The summed E-state index contributed by atoms with van der Waals surface area (Å²) in [5, 5.41) is 0. The van der Waals surface area contributed by atoms with Crippen molar-refractivity contribution in [3.8, 4) is 28.3 Å². The lowest BCUT2D eigenvalue weighted by Gasteiger charge is -2.43. The van der Waals surface area contributed by atoms with Crippen LogP contribution in [0.4, 0.5) is 0 Å². The highest BCUT2D eigenvalue weighted by atomic mass is 16.5. The highest BCUT2D eigenvalue weighted by molar-refractivity contribution is 5.82. The van der Waals surface area contributed by atoms with Gasteiger partial charge in [-0.05, 0) is 99.0 Å². The number of nitrogens with zero attached hydrogens (tertiary/aromatic N) is 3. The molecule has 5 nitrogen and oxygen atoms in total. The summed E-state index contributed by atoms with van der Waals surface area (Å²) in [7, 11) is 0. The molecule has 0 bridgehead atoms. The molecule has 2 aliphatic rings. The van der Waals surface area contributed by atoms with Gasteiger partial charge in [0, 0.05) is 24.5 Å². The van der Waals surface area contributed by atoms with Gasteiger partial charge in [0.05, 0.1) is 11.7 Å². The highest BCUT2D eigenvalue weighted by Gasteiger charge is 2.48. The molecule has 4 aromatic rings. The lowest BCUT2D eigenvalue weighted by Crippen LogP contribution is -2.47. The van der Waals surface area contributed by atoms with E-state index in [9.17, 15) is 0 Å². The molecule has 1 saturated heterocycles. The summed E-state index contributed by atoms with van der Waals surface area (Å²) in [6.45, 7) is 8.35. The number of hydrogen-bond donors (Lipinski definition) is 0. The fraction of sp³-hybridized carbons (Fsp3) is 0.400. The molecule has 0 N–H and O–H groups in total. The molecule has 5 heteroatoms. The number of likely N-dealkylation sites (tertiary alicyclic amines) is 1. The second-order valence-electron chi connectivity index (χ2n) is 10.7. The lowest BCUT2D eigenvalue weighted by atomic mass is 9.70. The number of rotatable bonds is 5. The van der Waals surface area contributed by atoms with E-state index in [1.165, 1.54) is 19.4 Å². The molecule has 35 heavy (non-hydrogen) atoms. The zero-order chi connectivity index (χ0) is 24.0. The van der Waals surface area contributed by atoms with Crippen molar-refractivity contribution >= 4 is 11.1 Å². The van der Waals surface area contributed by atoms with E-state index < -0.39 is 0 Å². The Bertz CT molecular complexity index is 1310. The molecule has 2 aromatic carbocycles. The normalized spacial score (nSPS) is 24.7. The molecule has 1 aliphatic heterocycles. The van der Waals surface area contributed by atoms with Crippen LogP contribution in [0.15, 0.2) is 71.4 Å². The Morgan fingerprint density at radius 1 is 1.03 bits per heavy atom. The smallest absolute Gasteiger partial charge is 0.228 e. The molecule has 3 atom stereocenters. The molecular formula is C30H33N3O2. The Morgan fingerprint density at radius 2 is 1.86 bits per heavy atom. The monoisotopic (exact) mass is 467 g/mol. The number of ether oxygens (including phenoxy) is 1. The number of oxazole rings is 1. The van der Waals surface area contributed by atoms with Crippen LogP contribution >= 0.6 is 0 Å². The average molecular weight is 468 g/mol. The summed E-state index contributed by atoms with van der Waals surface area (Å²) in [5.41, 5.74) is 5.13. The van der Waals surface area contributed by atoms with E-state index in [1.54, 1.807) is 12.4 Å². The van der Waals surface area contributed by atoms with Gasteiger partial charge in [-0.1, -0.05) is 25.1 Å². The average Bonchev–Trinajstić information content (AvgIpc) is 3.45. The van der Waals surface area contributed by atoms with Crippen molar-refractivity contribution in [2.45, 2.75) is 64.6 Å². The second kappa shape index (κ2) is 8.80. The minimum absolute atomic E-state index is 0.298. The maximum Gasteiger partial charge on any atom is 0.228 e. The third kappa shape index (κ3) is 4.23. The summed E-state index contributed by atoms with van der Waals surface area (Å²) in [5.74, 6) is 1.55. The molecule has 3 heterocycles. The van der Waals surface area contributed by atoms with E-state index in [0.717, 1.165) is 46.4 Å². The molecule has 1 aliphatic carbocycles. The first-order valence-corrected chi connectivity index (χ1v) is 12.8. The summed E-state index contributed by atoms with van der Waals surface area (Å²) in [6, 6.07) is 19.8. The standard InChI is InChI=1S/C30H33N3O2/c1-20(2)33-16-14-30(3)18-25(11-13-28(30)33)34-24-9-6-21(7-10-24)22-8-12-27-26(17-22)32-29(35-27)23-5-4-15-31-19-23/h4-10,12,15,17,19-20,25,28H,11,13-14,16,18H2,1-3H3. The first kappa shape index (κ1) is 22.3. The van der Waals surface area contributed by atoms with E-state index >= 15 is 0 Å². The Kier molecular flexibility index (Phi) is 5.60. The van der Waals surface area contributed by atoms with Crippen molar-refractivity contribution in [1.82, 2.24) is 14.9 Å². The van der Waals surface area contributed by atoms with Gasteiger partial charge in [0.15, 0.2) is 5.58 Å². The van der Waals surface area contributed by atoms with Gasteiger partial charge in [-0.15, -0.1) is 0 Å². The molecule has 180 valence electrons. The molecule has 2 fully saturated rings. The maximum absolute atomic E-state index is 6.49. The SMILES string of the molecule is CC(C)N1CCC2(C)CC(Oc3ccc(-c4ccc5oc(-c6cccnc6)nc5c4)cc3)CCC12. The number of aromatic nitrogens is 2. The quantitative estimate of drug-likeness (QED) is 0.317. The van der Waals surface area contributed by atoms with Crippen molar-refractivity contribution in [2.24, 2.45) is 5.41 Å². The van der Waals surface area contributed by atoms with Crippen molar-refractivity contribution in [2.75, 3.05) is 6.54 Å². The van der Waals surface area contributed by atoms with Crippen molar-refractivity contribution in [3.63, 3.8) is 0 Å². The van der Waals surface area contributed by atoms with Crippen molar-refractivity contribution < 1.29 is 9.15 Å². The molecule has 0 spiro atoms. The highest BCUT2D eigenvalue weighted by Crippen LogP contribution is 2.48. The molecule has 6 rings (SSSR count). The fourth-order valence-corrected chi connectivity index (χ4v) is 6.18. The van der Waals surface area contributed by atoms with Gasteiger partial charge in [-0.25, -0.2) is 4.98 Å². The van der Waals surface area contributed by atoms with Crippen LogP contribution in [0.5, 0.6) is 5.75 Å². The van der Waals surface area contributed by atoms with Gasteiger partial charge in [0.1, 0.15) is 11.3 Å². The number of hydrogen-bond acceptors (Lipinski definition) is 5. The summed E-state index contributed by atoms with van der Waals surface area (Å²) >= 11 is 0. The minimum Gasteiger partial charge on any atom is -0.490 e. The first-order chi connectivity index (χ1) is 17.0. The Hall–Kier alpha value is -3.18. The predicted molar refractivity (Wildman–Crippen MR) is 139 cm³/mol. The summed E-state index contributed by atoms with van der Waals surface area (Å²) in [6.07, 6.45) is 8.60. The largest absolute Gasteiger partial charge is 0.490 e. The van der Waals surface area contributed by atoms with E-state index in [0.29, 0.717) is 29.5 Å². The van der Waals surface area contributed by atoms with Gasteiger partial charge in [-0.2, -0.15) is 0 Å². The minimum atomic E-state index is 0.298. The van der Waals surface area contributed by atoms with E-state index in [-0.39, 0.29) is 0 Å². The van der Waals surface area contributed by atoms with Crippen LogP contribution in [-0.4, -0.2) is 39.6 Å². The Morgan fingerprint density at radius 3 is 2.63 bits per heavy atom. The van der Waals surface area contributed by atoms with Crippen LogP contribution in [0.1, 0.15) is 46.5 Å². The third-order valence-corrected chi connectivity index (χ3v) is 8.05. The van der Waals surface area contributed by atoms with Crippen LogP contribution in [0, 0.1) is 5.41 Å². The van der Waals surface area contributed by atoms with Gasteiger partial charge in [0.2, 0.25) is 5.89 Å². The summed E-state index contributed by atoms with van der Waals surface area (Å²) < 4.78 is 12.4. The fourth-order valence-electron chi connectivity index (χ4n) is 6.18. The summed E-state index contributed by atoms with van der Waals surface area (Å²) in [4.78, 5) is 11.5. The number of pyridine rings is 1. The van der Waals surface area contributed by atoms with E-state index in [4.69, 9.17) is 9.15 Å². The van der Waals surface area contributed by atoms with Crippen LogP contribution in [0.3, 0.4) is 0 Å². The van der Waals surface area contributed by atoms with Crippen molar-refractivity contribution in [3.05, 3.63) is 67.0 Å². The predicted octanol–water partition coefficient (Wildman–Crippen LogP) is 6.98. The molecule has 0 radical (unpaired) electrons. The molecule has 3 unspecified atom stereocenters. The second-order valence-corrected chi connectivity index (χ2v) is 10.7. The molecule has 0 amide bonds. The molecule has 1 saturated carbocycles. The lowest BCUT2D eigenvalue weighted by molar-refractivity contribution is 0.0274. The number of benzene rings is 2.